The van der Waals surface area contributed by atoms with Crippen molar-refractivity contribution in [3.05, 3.63) is 43.0 Å². The summed E-state index contributed by atoms with van der Waals surface area (Å²) in [6, 6.07) is 6.50. The third-order valence-corrected chi connectivity index (χ3v) is 3.98. The average Bonchev–Trinajstić information content (AvgIpc) is 3.00. The van der Waals surface area contributed by atoms with E-state index < -0.39 is 0 Å². The maximum Gasteiger partial charge on any atom is 0.155 e. The van der Waals surface area contributed by atoms with Crippen LogP contribution in [0.2, 0.25) is 0 Å². The molecule has 3 aromatic heterocycles. The average molecular weight is 294 g/mol. The minimum Gasteiger partial charge on any atom is -0.366 e. The highest BCUT2D eigenvalue weighted by Gasteiger charge is 2.14. The molecule has 1 aliphatic heterocycles. The molecule has 6 nitrogen and oxygen atoms in total. The van der Waals surface area contributed by atoms with Gasteiger partial charge in [-0.05, 0) is 31.5 Å². The van der Waals surface area contributed by atoms with Crippen LogP contribution in [0.25, 0.3) is 17.0 Å². The highest BCUT2D eigenvalue weighted by Crippen LogP contribution is 2.20. The molecule has 3 aromatic rings. The molecule has 1 atom stereocenters. The molecular weight excluding hydrogens is 276 g/mol. The molecule has 1 aliphatic rings. The second-order valence-electron chi connectivity index (χ2n) is 5.54. The fourth-order valence-corrected chi connectivity index (χ4v) is 2.87. The van der Waals surface area contributed by atoms with Crippen molar-refractivity contribution < 1.29 is 0 Å². The molecule has 112 valence electrons. The second kappa shape index (κ2) is 5.73. The van der Waals surface area contributed by atoms with Crippen LogP contribution in [-0.4, -0.2) is 38.5 Å². The van der Waals surface area contributed by atoms with Crippen LogP contribution in [0, 0.1) is 0 Å². The maximum atomic E-state index is 4.74. The monoisotopic (exact) mass is 294 g/mol. The van der Waals surface area contributed by atoms with Gasteiger partial charge >= 0.3 is 0 Å². The van der Waals surface area contributed by atoms with E-state index in [9.17, 15) is 0 Å². The quantitative estimate of drug-likeness (QED) is 0.773. The molecule has 0 spiro atoms. The first-order chi connectivity index (χ1) is 10.9. The SMILES string of the molecule is c1cc(N[C@@H]2CCCNC2)nc(-c2cnc3cnccn23)c1. The third kappa shape index (κ3) is 2.53. The highest BCUT2D eigenvalue weighted by molar-refractivity contribution is 5.61. The summed E-state index contributed by atoms with van der Waals surface area (Å²) >= 11 is 0. The van der Waals surface area contributed by atoms with Gasteiger partial charge in [0.1, 0.15) is 5.82 Å². The molecule has 22 heavy (non-hydrogen) atoms. The first-order valence-corrected chi connectivity index (χ1v) is 7.62. The Bertz CT molecular complexity index is 775. The van der Waals surface area contributed by atoms with E-state index in [4.69, 9.17) is 4.98 Å². The number of hydrogen-bond donors (Lipinski definition) is 2. The number of aromatic nitrogens is 4. The molecule has 4 rings (SSSR count). The van der Waals surface area contributed by atoms with Gasteiger partial charge in [0, 0.05) is 25.0 Å². The Labute approximate surface area is 128 Å². The number of piperidine rings is 1. The van der Waals surface area contributed by atoms with Crippen LogP contribution in [0.4, 0.5) is 5.82 Å². The smallest absolute Gasteiger partial charge is 0.155 e. The Hall–Kier alpha value is -2.47. The van der Waals surface area contributed by atoms with Crippen molar-refractivity contribution in [3.8, 4) is 11.4 Å². The van der Waals surface area contributed by atoms with Gasteiger partial charge in [-0.25, -0.2) is 9.97 Å². The van der Waals surface area contributed by atoms with Crippen molar-refractivity contribution in [2.24, 2.45) is 0 Å². The van der Waals surface area contributed by atoms with Gasteiger partial charge in [-0.15, -0.1) is 0 Å². The van der Waals surface area contributed by atoms with Gasteiger partial charge in [-0.2, -0.15) is 0 Å². The van der Waals surface area contributed by atoms with Crippen molar-refractivity contribution in [3.63, 3.8) is 0 Å². The highest BCUT2D eigenvalue weighted by atomic mass is 15.1. The molecule has 0 unspecified atom stereocenters. The lowest BCUT2D eigenvalue weighted by Crippen LogP contribution is -2.38. The van der Waals surface area contributed by atoms with E-state index in [-0.39, 0.29) is 0 Å². The summed E-state index contributed by atoms with van der Waals surface area (Å²) in [7, 11) is 0. The number of pyridine rings is 1. The summed E-state index contributed by atoms with van der Waals surface area (Å²) in [6.07, 6.45) is 9.64. The Morgan fingerprint density at radius 3 is 3.18 bits per heavy atom. The van der Waals surface area contributed by atoms with Crippen LogP contribution >= 0.6 is 0 Å². The van der Waals surface area contributed by atoms with Crippen LogP contribution in [0.5, 0.6) is 0 Å². The standard InChI is InChI=1S/C16H18N6/c1-4-13(14-10-19-16-11-18-7-8-22(14)16)21-15(5-1)20-12-3-2-6-17-9-12/h1,4-5,7-8,10-12,17H,2-3,6,9H2,(H,20,21)/t12-/m1/s1. The molecule has 0 radical (unpaired) electrons. The molecule has 0 aromatic carbocycles. The zero-order chi connectivity index (χ0) is 14.8. The third-order valence-electron chi connectivity index (χ3n) is 3.98. The van der Waals surface area contributed by atoms with Gasteiger partial charge in [-0.1, -0.05) is 6.07 Å². The molecule has 0 aliphatic carbocycles. The van der Waals surface area contributed by atoms with Crippen molar-refractivity contribution in [2.75, 3.05) is 18.4 Å². The lowest BCUT2D eigenvalue weighted by molar-refractivity contribution is 0.479. The van der Waals surface area contributed by atoms with E-state index in [1.807, 2.05) is 35.0 Å². The topological polar surface area (TPSA) is 67.1 Å². The summed E-state index contributed by atoms with van der Waals surface area (Å²) < 4.78 is 2.00. The largest absolute Gasteiger partial charge is 0.366 e. The van der Waals surface area contributed by atoms with Crippen LogP contribution in [-0.2, 0) is 0 Å². The van der Waals surface area contributed by atoms with E-state index in [1.165, 1.54) is 12.8 Å². The van der Waals surface area contributed by atoms with E-state index in [0.717, 1.165) is 35.9 Å². The fourth-order valence-electron chi connectivity index (χ4n) is 2.87. The van der Waals surface area contributed by atoms with Gasteiger partial charge in [0.2, 0.25) is 0 Å². The Morgan fingerprint density at radius 2 is 2.27 bits per heavy atom. The lowest BCUT2D eigenvalue weighted by atomic mass is 10.1. The van der Waals surface area contributed by atoms with Crippen LogP contribution in [0.15, 0.2) is 43.0 Å². The number of hydrogen-bond acceptors (Lipinski definition) is 5. The fraction of sp³-hybridized carbons (Fsp3) is 0.312. The minimum atomic E-state index is 0.447. The molecular formula is C16H18N6. The zero-order valence-corrected chi connectivity index (χ0v) is 12.2. The van der Waals surface area contributed by atoms with Crippen molar-refractivity contribution in [2.45, 2.75) is 18.9 Å². The Morgan fingerprint density at radius 1 is 1.27 bits per heavy atom. The van der Waals surface area contributed by atoms with E-state index in [1.54, 1.807) is 12.4 Å². The number of nitrogens with one attached hydrogen (secondary N) is 2. The first-order valence-electron chi connectivity index (χ1n) is 7.62. The van der Waals surface area contributed by atoms with Gasteiger partial charge in [0.15, 0.2) is 5.65 Å². The number of rotatable bonds is 3. The van der Waals surface area contributed by atoms with Crippen molar-refractivity contribution >= 4 is 11.5 Å². The van der Waals surface area contributed by atoms with Gasteiger partial charge in [0.05, 0.1) is 23.8 Å². The lowest BCUT2D eigenvalue weighted by Gasteiger charge is -2.24. The van der Waals surface area contributed by atoms with Crippen molar-refractivity contribution in [1.29, 1.82) is 0 Å². The van der Waals surface area contributed by atoms with Gasteiger partial charge < -0.3 is 10.6 Å². The number of nitrogens with zero attached hydrogens (tertiary/aromatic N) is 4. The summed E-state index contributed by atoms with van der Waals surface area (Å²) in [6.45, 7) is 2.11. The molecule has 0 saturated carbocycles. The summed E-state index contributed by atoms with van der Waals surface area (Å²) in [5.41, 5.74) is 2.71. The Kier molecular flexibility index (Phi) is 3.44. The molecule has 0 amide bonds. The van der Waals surface area contributed by atoms with E-state index in [2.05, 4.69) is 20.6 Å². The van der Waals surface area contributed by atoms with Crippen LogP contribution in [0.1, 0.15) is 12.8 Å². The Balaban J connectivity index is 1.63. The summed E-state index contributed by atoms with van der Waals surface area (Å²) in [5, 5.41) is 6.93. The molecule has 6 heteroatoms. The predicted octanol–water partition coefficient (Wildman–Crippen LogP) is 1.96. The minimum absolute atomic E-state index is 0.447. The molecule has 4 heterocycles. The zero-order valence-electron chi connectivity index (χ0n) is 12.2. The van der Waals surface area contributed by atoms with E-state index >= 15 is 0 Å². The van der Waals surface area contributed by atoms with E-state index in [0.29, 0.717) is 6.04 Å². The molecule has 1 saturated heterocycles. The van der Waals surface area contributed by atoms with Gasteiger partial charge in [-0.3, -0.25) is 9.38 Å². The molecule has 1 fully saturated rings. The summed E-state index contributed by atoms with van der Waals surface area (Å²) in [5.74, 6) is 0.912. The van der Waals surface area contributed by atoms with Gasteiger partial charge in [0.25, 0.3) is 0 Å². The number of anilines is 1. The normalized spacial score (nSPS) is 18.5. The number of fused-ring (bicyclic) bond motifs is 1. The van der Waals surface area contributed by atoms with Crippen molar-refractivity contribution in [1.82, 2.24) is 24.7 Å². The summed E-state index contributed by atoms with van der Waals surface area (Å²) in [4.78, 5) is 13.2. The predicted molar refractivity (Wildman–Crippen MR) is 85.7 cm³/mol. The molecule has 2 N–H and O–H groups in total. The second-order valence-corrected chi connectivity index (χ2v) is 5.54. The first kappa shape index (κ1) is 13.2. The molecule has 0 bridgehead atoms. The van der Waals surface area contributed by atoms with Crippen LogP contribution in [0.3, 0.4) is 0 Å². The number of imidazole rings is 1. The van der Waals surface area contributed by atoms with Crippen LogP contribution < -0.4 is 10.6 Å². The maximum absolute atomic E-state index is 4.74.